The summed E-state index contributed by atoms with van der Waals surface area (Å²) in [5.74, 6) is 1.20. The molecule has 0 saturated heterocycles. The van der Waals surface area contributed by atoms with Gasteiger partial charge in [0, 0.05) is 17.2 Å². The van der Waals surface area contributed by atoms with E-state index in [1.807, 2.05) is 11.8 Å². The van der Waals surface area contributed by atoms with Crippen LogP contribution in [0.4, 0.5) is 0 Å². The first kappa shape index (κ1) is 15.2. The van der Waals surface area contributed by atoms with E-state index in [0.717, 1.165) is 38.6 Å². The fourth-order valence-corrected chi connectivity index (χ4v) is 4.44. The van der Waals surface area contributed by atoms with Gasteiger partial charge in [0.2, 0.25) is 5.91 Å². The average Bonchev–Trinajstić information content (AvgIpc) is 2.48. The predicted molar refractivity (Wildman–Crippen MR) is 82.2 cm³/mol. The van der Waals surface area contributed by atoms with Gasteiger partial charge in [-0.1, -0.05) is 12.8 Å². The monoisotopic (exact) mass is 284 g/mol. The van der Waals surface area contributed by atoms with Gasteiger partial charge in [-0.25, -0.2) is 0 Å². The molecule has 2 fully saturated rings. The van der Waals surface area contributed by atoms with Crippen LogP contribution in [0.15, 0.2) is 0 Å². The van der Waals surface area contributed by atoms with Gasteiger partial charge in [0.1, 0.15) is 0 Å². The lowest BCUT2D eigenvalue weighted by molar-refractivity contribution is -0.127. The summed E-state index contributed by atoms with van der Waals surface area (Å²) in [5, 5.41) is 3.95. The maximum Gasteiger partial charge on any atom is 0.223 e. The van der Waals surface area contributed by atoms with Gasteiger partial charge >= 0.3 is 0 Å². The largest absolute Gasteiger partial charge is 0.352 e. The van der Waals surface area contributed by atoms with E-state index in [0.29, 0.717) is 23.1 Å². The zero-order chi connectivity index (χ0) is 13.7. The molecule has 110 valence electrons. The molecule has 0 aliphatic heterocycles. The van der Waals surface area contributed by atoms with Gasteiger partial charge < -0.3 is 11.1 Å². The van der Waals surface area contributed by atoms with Crippen molar-refractivity contribution >= 4 is 17.7 Å². The summed E-state index contributed by atoms with van der Waals surface area (Å²) < 4.78 is 0. The van der Waals surface area contributed by atoms with E-state index in [-0.39, 0.29) is 5.92 Å². The van der Waals surface area contributed by atoms with Crippen molar-refractivity contribution in [3.63, 3.8) is 0 Å². The molecule has 2 saturated carbocycles. The van der Waals surface area contributed by atoms with Crippen molar-refractivity contribution in [1.82, 2.24) is 5.32 Å². The van der Waals surface area contributed by atoms with Gasteiger partial charge in [0.25, 0.3) is 0 Å². The summed E-state index contributed by atoms with van der Waals surface area (Å²) in [6.07, 6.45) is 11.5. The SMILES string of the molecule is CSC1CCCCC1NC(=O)C1CCC(CN)CC1. The molecule has 4 heteroatoms. The molecule has 0 aromatic carbocycles. The van der Waals surface area contributed by atoms with Crippen molar-refractivity contribution in [2.75, 3.05) is 12.8 Å². The molecule has 3 N–H and O–H groups in total. The van der Waals surface area contributed by atoms with Crippen LogP contribution in [0.2, 0.25) is 0 Å². The van der Waals surface area contributed by atoms with Crippen molar-refractivity contribution < 1.29 is 4.79 Å². The highest BCUT2D eigenvalue weighted by molar-refractivity contribution is 7.99. The summed E-state index contributed by atoms with van der Waals surface area (Å²) in [6.45, 7) is 0.783. The van der Waals surface area contributed by atoms with Crippen LogP contribution in [-0.4, -0.2) is 30.0 Å². The van der Waals surface area contributed by atoms with Crippen LogP contribution in [-0.2, 0) is 4.79 Å². The standard InChI is InChI=1S/C15H28N2OS/c1-19-14-5-3-2-4-13(14)17-15(18)12-8-6-11(10-16)7-9-12/h11-14H,2-10,16H2,1H3,(H,17,18). The minimum Gasteiger partial charge on any atom is -0.352 e. The highest BCUT2D eigenvalue weighted by atomic mass is 32.2. The number of nitrogens with one attached hydrogen (secondary N) is 1. The highest BCUT2D eigenvalue weighted by Crippen LogP contribution is 2.30. The normalized spacial score (nSPS) is 35.9. The molecule has 0 radical (unpaired) electrons. The van der Waals surface area contributed by atoms with E-state index in [1.165, 1.54) is 19.3 Å². The molecule has 2 atom stereocenters. The fraction of sp³-hybridized carbons (Fsp3) is 0.933. The Morgan fingerprint density at radius 1 is 1.16 bits per heavy atom. The molecule has 0 aromatic heterocycles. The summed E-state index contributed by atoms with van der Waals surface area (Å²) >= 11 is 1.92. The molecular formula is C15H28N2OS. The second-order valence-corrected chi connectivity index (χ2v) is 7.20. The number of hydrogen-bond acceptors (Lipinski definition) is 3. The molecule has 2 rings (SSSR count). The van der Waals surface area contributed by atoms with Crippen LogP contribution >= 0.6 is 11.8 Å². The highest BCUT2D eigenvalue weighted by Gasteiger charge is 2.30. The fourth-order valence-electron chi connectivity index (χ4n) is 3.50. The Hall–Kier alpha value is -0.220. The topological polar surface area (TPSA) is 55.1 Å². The van der Waals surface area contributed by atoms with Gasteiger partial charge in [-0.15, -0.1) is 0 Å². The lowest BCUT2D eigenvalue weighted by atomic mass is 9.81. The molecule has 0 spiro atoms. The van der Waals surface area contributed by atoms with Gasteiger partial charge in [-0.05, 0) is 57.2 Å². The summed E-state index contributed by atoms with van der Waals surface area (Å²) in [6, 6.07) is 0.406. The number of rotatable bonds is 4. The lowest BCUT2D eigenvalue weighted by Crippen LogP contribution is -2.46. The van der Waals surface area contributed by atoms with Gasteiger partial charge in [0.15, 0.2) is 0 Å². The van der Waals surface area contributed by atoms with Crippen LogP contribution in [0.3, 0.4) is 0 Å². The van der Waals surface area contributed by atoms with Crippen LogP contribution in [0, 0.1) is 11.8 Å². The van der Waals surface area contributed by atoms with E-state index in [2.05, 4.69) is 11.6 Å². The van der Waals surface area contributed by atoms with Crippen LogP contribution in [0.1, 0.15) is 51.4 Å². The summed E-state index contributed by atoms with van der Waals surface area (Å²) in [7, 11) is 0. The van der Waals surface area contributed by atoms with E-state index < -0.39 is 0 Å². The molecule has 0 aromatic rings. The molecule has 1 amide bonds. The third-order valence-corrected chi connectivity index (χ3v) is 6.05. The lowest BCUT2D eigenvalue weighted by Gasteiger charge is -2.33. The van der Waals surface area contributed by atoms with Crippen LogP contribution in [0.5, 0.6) is 0 Å². The zero-order valence-corrected chi connectivity index (χ0v) is 12.9. The number of amides is 1. The first-order valence-corrected chi connectivity index (χ1v) is 9.06. The summed E-state index contributed by atoms with van der Waals surface area (Å²) in [4.78, 5) is 12.4. The number of carbonyl (C=O) groups excluding carboxylic acids is 1. The molecule has 0 bridgehead atoms. The minimum atomic E-state index is 0.243. The first-order valence-electron chi connectivity index (χ1n) is 7.77. The Morgan fingerprint density at radius 2 is 1.84 bits per heavy atom. The number of hydrogen-bond donors (Lipinski definition) is 2. The van der Waals surface area contributed by atoms with Crippen molar-refractivity contribution in [2.24, 2.45) is 17.6 Å². The van der Waals surface area contributed by atoms with E-state index >= 15 is 0 Å². The van der Waals surface area contributed by atoms with Crippen molar-refractivity contribution in [2.45, 2.75) is 62.7 Å². The molecule has 2 aliphatic carbocycles. The van der Waals surface area contributed by atoms with E-state index in [9.17, 15) is 4.79 Å². The van der Waals surface area contributed by atoms with Crippen LogP contribution < -0.4 is 11.1 Å². The van der Waals surface area contributed by atoms with E-state index in [1.54, 1.807) is 0 Å². The molecule has 19 heavy (non-hydrogen) atoms. The Kier molecular flexibility index (Phi) is 6.02. The molecule has 2 unspecified atom stereocenters. The molecule has 2 aliphatic rings. The maximum atomic E-state index is 12.4. The van der Waals surface area contributed by atoms with Crippen molar-refractivity contribution in [1.29, 1.82) is 0 Å². The average molecular weight is 284 g/mol. The molecule has 3 nitrogen and oxygen atoms in total. The number of nitrogens with two attached hydrogens (primary N) is 1. The minimum absolute atomic E-state index is 0.243. The van der Waals surface area contributed by atoms with Gasteiger partial charge in [-0.2, -0.15) is 11.8 Å². The molecular weight excluding hydrogens is 256 g/mol. The predicted octanol–water partition coefficient (Wildman–Crippen LogP) is 2.54. The Labute approximate surface area is 121 Å². The zero-order valence-electron chi connectivity index (χ0n) is 12.1. The third kappa shape index (κ3) is 4.12. The smallest absolute Gasteiger partial charge is 0.223 e. The first-order chi connectivity index (χ1) is 9.24. The third-order valence-electron chi connectivity index (χ3n) is 4.88. The second-order valence-electron chi connectivity index (χ2n) is 6.13. The Bertz CT molecular complexity index is 290. The van der Waals surface area contributed by atoms with Crippen LogP contribution in [0.25, 0.3) is 0 Å². The number of carbonyl (C=O) groups is 1. The van der Waals surface area contributed by atoms with Crippen molar-refractivity contribution in [3.8, 4) is 0 Å². The van der Waals surface area contributed by atoms with Gasteiger partial charge in [0.05, 0.1) is 0 Å². The second kappa shape index (κ2) is 7.53. The Balaban J connectivity index is 1.80. The number of thioether (sulfide) groups is 1. The van der Waals surface area contributed by atoms with E-state index in [4.69, 9.17) is 5.73 Å². The summed E-state index contributed by atoms with van der Waals surface area (Å²) in [5.41, 5.74) is 5.71. The molecule has 0 heterocycles. The van der Waals surface area contributed by atoms with Crippen molar-refractivity contribution in [3.05, 3.63) is 0 Å². The quantitative estimate of drug-likeness (QED) is 0.834. The Morgan fingerprint density at radius 3 is 2.47 bits per heavy atom. The van der Waals surface area contributed by atoms with Gasteiger partial charge in [-0.3, -0.25) is 4.79 Å². The maximum absolute atomic E-state index is 12.4.